The van der Waals surface area contributed by atoms with Gasteiger partial charge in [-0.3, -0.25) is 4.79 Å². The fourth-order valence-electron chi connectivity index (χ4n) is 2.74. The van der Waals surface area contributed by atoms with Crippen molar-refractivity contribution in [3.05, 3.63) is 35.9 Å². The molecule has 1 amide bonds. The Balaban J connectivity index is 1.87. The van der Waals surface area contributed by atoms with Gasteiger partial charge in [0.1, 0.15) is 6.04 Å². The second-order valence-corrected chi connectivity index (χ2v) is 6.99. The lowest BCUT2D eigenvalue weighted by Crippen LogP contribution is -2.48. The number of hydrogen-bond acceptors (Lipinski definition) is 3. The number of rotatable bonds is 4. The molecule has 0 heterocycles. The lowest BCUT2D eigenvalue weighted by molar-refractivity contribution is -0.124. The highest BCUT2D eigenvalue weighted by Crippen LogP contribution is 2.39. The molecule has 0 spiro atoms. The first-order valence-corrected chi connectivity index (χ1v) is 7.62. The summed E-state index contributed by atoms with van der Waals surface area (Å²) < 4.78 is 0. The van der Waals surface area contributed by atoms with E-state index in [2.05, 4.69) is 19.2 Å². The second-order valence-electron chi connectivity index (χ2n) is 6.99. The first-order chi connectivity index (χ1) is 9.81. The molecule has 21 heavy (non-hydrogen) atoms. The number of carbonyl (C=O) groups is 1. The predicted molar refractivity (Wildman–Crippen MR) is 83.6 cm³/mol. The van der Waals surface area contributed by atoms with Crippen LogP contribution in [0.5, 0.6) is 0 Å². The Labute approximate surface area is 126 Å². The smallest absolute Gasteiger partial charge is 0.241 e. The maximum Gasteiger partial charge on any atom is 0.241 e. The molecular weight excluding hydrogens is 264 g/mol. The van der Waals surface area contributed by atoms with Crippen LogP contribution in [-0.4, -0.2) is 23.2 Å². The molecule has 0 radical (unpaired) electrons. The van der Waals surface area contributed by atoms with Crippen LogP contribution in [0.25, 0.3) is 0 Å². The molecule has 1 saturated carbocycles. The molecule has 0 saturated heterocycles. The third-order valence-corrected chi connectivity index (χ3v) is 4.57. The van der Waals surface area contributed by atoms with Crippen molar-refractivity contribution in [1.82, 2.24) is 5.32 Å². The third kappa shape index (κ3) is 4.29. The van der Waals surface area contributed by atoms with Gasteiger partial charge in [0.05, 0.1) is 5.60 Å². The zero-order valence-electron chi connectivity index (χ0n) is 12.9. The van der Waals surface area contributed by atoms with Gasteiger partial charge in [0.2, 0.25) is 5.91 Å². The van der Waals surface area contributed by atoms with E-state index in [1.54, 1.807) is 0 Å². The normalized spacial score (nSPS) is 21.5. The van der Waals surface area contributed by atoms with Gasteiger partial charge in [0.25, 0.3) is 0 Å². The van der Waals surface area contributed by atoms with Crippen molar-refractivity contribution in [3.8, 4) is 0 Å². The second kappa shape index (κ2) is 6.16. The minimum absolute atomic E-state index is 0.237. The maximum absolute atomic E-state index is 12.1. The van der Waals surface area contributed by atoms with Crippen LogP contribution in [0, 0.1) is 5.41 Å². The highest BCUT2D eigenvalue weighted by Gasteiger charge is 2.37. The average Bonchev–Trinajstić information content (AvgIpc) is 2.49. The standard InChI is InChI=1S/C17H26N2O2/c1-16(2)8-10-17(21,11-9-16)12-19-15(20)14(18)13-6-4-3-5-7-13/h3-7,14,21H,8-12,18H2,1-2H3,(H,19,20). The minimum Gasteiger partial charge on any atom is -0.388 e. The van der Waals surface area contributed by atoms with E-state index in [1.807, 2.05) is 30.3 Å². The Morgan fingerprint density at radius 1 is 1.24 bits per heavy atom. The van der Waals surface area contributed by atoms with Crippen molar-refractivity contribution >= 4 is 5.91 Å². The Kier molecular flexibility index (Phi) is 4.69. The molecule has 1 aromatic rings. The number of nitrogens with two attached hydrogens (primary N) is 1. The molecule has 1 atom stereocenters. The van der Waals surface area contributed by atoms with Crippen LogP contribution < -0.4 is 11.1 Å². The summed E-state index contributed by atoms with van der Waals surface area (Å²) >= 11 is 0. The van der Waals surface area contributed by atoms with Gasteiger partial charge in [-0.2, -0.15) is 0 Å². The topological polar surface area (TPSA) is 75.3 Å². The van der Waals surface area contributed by atoms with Gasteiger partial charge in [-0.1, -0.05) is 44.2 Å². The zero-order valence-corrected chi connectivity index (χ0v) is 12.9. The maximum atomic E-state index is 12.1. The number of amides is 1. The van der Waals surface area contributed by atoms with Crippen molar-refractivity contribution in [1.29, 1.82) is 0 Å². The number of nitrogens with one attached hydrogen (secondary N) is 1. The van der Waals surface area contributed by atoms with Crippen molar-refractivity contribution in [2.24, 2.45) is 11.1 Å². The summed E-state index contributed by atoms with van der Waals surface area (Å²) in [6.45, 7) is 4.72. The molecule has 4 N–H and O–H groups in total. The Morgan fingerprint density at radius 2 is 1.81 bits per heavy atom. The summed E-state index contributed by atoms with van der Waals surface area (Å²) in [5.41, 5.74) is 6.23. The molecule has 0 bridgehead atoms. The highest BCUT2D eigenvalue weighted by molar-refractivity contribution is 5.82. The van der Waals surface area contributed by atoms with Gasteiger partial charge in [-0.25, -0.2) is 0 Å². The van der Waals surface area contributed by atoms with E-state index in [1.165, 1.54) is 0 Å². The van der Waals surface area contributed by atoms with E-state index < -0.39 is 11.6 Å². The van der Waals surface area contributed by atoms with Crippen molar-refractivity contribution in [2.45, 2.75) is 51.2 Å². The number of benzene rings is 1. The molecular formula is C17H26N2O2. The van der Waals surface area contributed by atoms with Gasteiger partial charge < -0.3 is 16.2 Å². The fourth-order valence-corrected chi connectivity index (χ4v) is 2.74. The summed E-state index contributed by atoms with van der Waals surface area (Å²) in [5, 5.41) is 13.4. The lowest BCUT2D eigenvalue weighted by atomic mass is 9.71. The van der Waals surface area contributed by atoms with E-state index in [-0.39, 0.29) is 17.9 Å². The SMILES string of the molecule is CC1(C)CCC(O)(CNC(=O)C(N)c2ccccc2)CC1. The van der Waals surface area contributed by atoms with E-state index >= 15 is 0 Å². The molecule has 1 aliphatic carbocycles. The number of carbonyl (C=O) groups excluding carboxylic acids is 1. The van der Waals surface area contributed by atoms with Crippen LogP contribution in [0.2, 0.25) is 0 Å². The molecule has 0 aromatic heterocycles. The minimum atomic E-state index is -0.790. The Hall–Kier alpha value is -1.39. The largest absolute Gasteiger partial charge is 0.388 e. The highest BCUT2D eigenvalue weighted by atomic mass is 16.3. The summed E-state index contributed by atoms with van der Waals surface area (Å²) in [6.07, 6.45) is 3.40. The van der Waals surface area contributed by atoms with Crippen molar-refractivity contribution in [3.63, 3.8) is 0 Å². The molecule has 1 aliphatic rings. The summed E-state index contributed by atoms with van der Waals surface area (Å²) in [6, 6.07) is 8.60. The van der Waals surface area contributed by atoms with E-state index in [4.69, 9.17) is 5.73 Å². The average molecular weight is 290 g/mol. The van der Waals surface area contributed by atoms with E-state index in [9.17, 15) is 9.90 Å². The Bertz CT molecular complexity index is 475. The molecule has 4 nitrogen and oxygen atoms in total. The zero-order chi connectivity index (χ0) is 15.5. The molecule has 4 heteroatoms. The third-order valence-electron chi connectivity index (χ3n) is 4.57. The molecule has 1 fully saturated rings. The first kappa shape index (κ1) is 16.0. The van der Waals surface area contributed by atoms with E-state index in [0.717, 1.165) is 31.2 Å². The number of aliphatic hydroxyl groups is 1. The predicted octanol–water partition coefficient (Wildman–Crippen LogP) is 2.13. The van der Waals surface area contributed by atoms with Gasteiger partial charge in [0, 0.05) is 6.54 Å². The van der Waals surface area contributed by atoms with Crippen LogP contribution in [0.3, 0.4) is 0 Å². The van der Waals surface area contributed by atoms with Crippen LogP contribution >= 0.6 is 0 Å². The number of hydrogen-bond donors (Lipinski definition) is 3. The van der Waals surface area contributed by atoms with Crippen molar-refractivity contribution < 1.29 is 9.90 Å². The molecule has 1 unspecified atom stereocenters. The molecule has 0 aliphatic heterocycles. The van der Waals surface area contributed by atoms with Gasteiger partial charge >= 0.3 is 0 Å². The summed E-state index contributed by atoms with van der Waals surface area (Å²) in [5.74, 6) is -0.237. The quantitative estimate of drug-likeness (QED) is 0.795. The lowest BCUT2D eigenvalue weighted by Gasteiger charge is -2.40. The van der Waals surface area contributed by atoms with Gasteiger partial charge in [-0.15, -0.1) is 0 Å². The van der Waals surface area contributed by atoms with Crippen LogP contribution in [-0.2, 0) is 4.79 Å². The summed E-state index contributed by atoms with van der Waals surface area (Å²) in [4.78, 5) is 12.1. The van der Waals surface area contributed by atoms with Crippen molar-refractivity contribution in [2.75, 3.05) is 6.54 Å². The summed E-state index contributed by atoms with van der Waals surface area (Å²) in [7, 11) is 0. The van der Waals surface area contributed by atoms with Crippen LogP contribution in [0.1, 0.15) is 51.1 Å². The van der Waals surface area contributed by atoms with Crippen LogP contribution in [0.15, 0.2) is 30.3 Å². The van der Waals surface area contributed by atoms with Crippen LogP contribution in [0.4, 0.5) is 0 Å². The van der Waals surface area contributed by atoms with Gasteiger partial charge in [-0.05, 0) is 36.7 Å². The molecule has 2 rings (SSSR count). The van der Waals surface area contributed by atoms with Gasteiger partial charge in [0.15, 0.2) is 0 Å². The molecule has 116 valence electrons. The Morgan fingerprint density at radius 3 is 2.38 bits per heavy atom. The van der Waals surface area contributed by atoms with E-state index in [0.29, 0.717) is 0 Å². The molecule has 1 aromatic carbocycles. The fraction of sp³-hybridized carbons (Fsp3) is 0.588. The first-order valence-electron chi connectivity index (χ1n) is 7.62. The monoisotopic (exact) mass is 290 g/mol.